The lowest BCUT2D eigenvalue weighted by Gasteiger charge is -2.36. The fourth-order valence-corrected chi connectivity index (χ4v) is 6.74. The summed E-state index contributed by atoms with van der Waals surface area (Å²) in [5.74, 6) is -3.73. The van der Waals surface area contributed by atoms with Crippen molar-refractivity contribution in [3.05, 3.63) is 66.0 Å². The van der Waals surface area contributed by atoms with Gasteiger partial charge in [0.1, 0.15) is 11.9 Å². The Morgan fingerprint density at radius 3 is 2.43 bits per heavy atom. The van der Waals surface area contributed by atoms with E-state index < -0.39 is 33.7 Å². The first-order valence-corrected chi connectivity index (χ1v) is 13.0. The van der Waals surface area contributed by atoms with Crippen molar-refractivity contribution in [1.29, 1.82) is 0 Å². The van der Waals surface area contributed by atoms with Gasteiger partial charge in [0, 0.05) is 43.6 Å². The van der Waals surface area contributed by atoms with Crippen LogP contribution in [0.25, 0.3) is 11.1 Å². The fraction of sp³-hybridized carbons (Fsp3) is 0.423. The molecule has 1 heterocycles. The zero-order valence-electron chi connectivity index (χ0n) is 19.8. The Balaban J connectivity index is 1.68. The number of aryl methyl sites for hydroxylation is 1. The maximum Gasteiger partial charge on any atom is 0.248 e. The van der Waals surface area contributed by atoms with Gasteiger partial charge in [-0.1, -0.05) is 42.0 Å². The molecule has 1 amide bonds. The zero-order chi connectivity index (χ0) is 25.5. The maximum atomic E-state index is 14.6. The number of likely N-dealkylation sites (N-methyl/N-ethyl adjacent to an activating group) is 1. The number of carbonyl (C=O) groups excluding carboxylic acids is 1. The summed E-state index contributed by atoms with van der Waals surface area (Å²) in [5, 5.41) is 0. The lowest BCUT2D eigenvalue weighted by molar-refractivity contribution is -0.138. The quantitative estimate of drug-likeness (QED) is 0.527. The number of nitrogens with zero attached hydrogens (tertiary/aromatic N) is 2. The SMILES string of the molecule is C=C1C[C@@H](C(=O)N(C)C2CCC(F)(F)CC2)N(S(=O)(=O)c2ccc(C)cc2-c2ccccc2F)C1. The smallest absolute Gasteiger partial charge is 0.248 e. The van der Waals surface area contributed by atoms with Gasteiger partial charge in [0.05, 0.1) is 4.90 Å². The van der Waals surface area contributed by atoms with Crippen LogP contribution >= 0.6 is 0 Å². The van der Waals surface area contributed by atoms with E-state index in [1.165, 1.54) is 29.2 Å². The van der Waals surface area contributed by atoms with Crippen LogP contribution in [0.4, 0.5) is 13.2 Å². The standard InChI is InChI=1S/C26H29F3N2O3S/c1-17-8-9-24(21(14-17)20-6-4-5-7-22(20)27)35(33,34)31-16-18(2)15-23(31)25(32)30(3)19-10-12-26(28,29)13-11-19/h4-9,14,19,23H,2,10-13,15-16H2,1,3H3/t23-/m0/s1. The molecule has 2 aromatic carbocycles. The Morgan fingerprint density at radius 1 is 1.11 bits per heavy atom. The molecule has 2 aliphatic rings. The molecule has 5 nitrogen and oxygen atoms in total. The van der Waals surface area contributed by atoms with Gasteiger partial charge < -0.3 is 4.90 Å². The highest BCUT2D eigenvalue weighted by Gasteiger charge is 2.45. The number of amides is 1. The van der Waals surface area contributed by atoms with E-state index in [1.54, 1.807) is 32.2 Å². The largest absolute Gasteiger partial charge is 0.341 e. The van der Waals surface area contributed by atoms with Gasteiger partial charge in [-0.15, -0.1) is 0 Å². The zero-order valence-corrected chi connectivity index (χ0v) is 20.6. The number of rotatable bonds is 5. The predicted molar refractivity (Wildman–Crippen MR) is 128 cm³/mol. The van der Waals surface area contributed by atoms with Crippen LogP contribution in [-0.2, 0) is 14.8 Å². The highest BCUT2D eigenvalue weighted by atomic mass is 32.2. The molecule has 1 aliphatic heterocycles. The van der Waals surface area contributed by atoms with E-state index in [0.717, 1.165) is 9.87 Å². The normalized spacial score (nSPS) is 21.3. The topological polar surface area (TPSA) is 57.7 Å². The summed E-state index contributed by atoms with van der Waals surface area (Å²) in [5.41, 5.74) is 1.70. The summed E-state index contributed by atoms with van der Waals surface area (Å²) < 4.78 is 70.7. The lowest BCUT2D eigenvalue weighted by atomic mass is 9.91. The average Bonchev–Trinajstić information content (AvgIpc) is 3.21. The summed E-state index contributed by atoms with van der Waals surface area (Å²) in [4.78, 5) is 14.7. The molecule has 2 fully saturated rings. The van der Waals surface area contributed by atoms with Crippen LogP contribution in [0.5, 0.6) is 0 Å². The molecular formula is C26H29F3N2O3S. The Bertz CT molecular complexity index is 1250. The van der Waals surface area contributed by atoms with E-state index in [2.05, 4.69) is 6.58 Å². The Morgan fingerprint density at radius 2 is 1.77 bits per heavy atom. The molecule has 2 aromatic rings. The highest BCUT2D eigenvalue weighted by molar-refractivity contribution is 7.89. The van der Waals surface area contributed by atoms with Crippen molar-refractivity contribution >= 4 is 15.9 Å². The summed E-state index contributed by atoms with van der Waals surface area (Å²) in [6.45, 7) is 5.65. The second-order valence-corrected chi connectivity index (χ2v) is 11.4. The van der Waals surface area contributed by atoms with Crippen LogP contribution in [0, 0.1) is 12.7 Å². The molecule has 1 aliphatic carbocycles. The monoisotopic (exact) mass is 506 g/mol. The van der Waals surface area contributed by atoms with E-state index in [1.807, 2.05) is 0 Å². The van der Waals surface area contributed by atoms with Crippen molar-refractivity contribution in [2.45, 2.75) is 61.9 Å². The van der Waals surface area contributed by atoms with Crippen LogP contribution in [-0.4, -0.2) is 55.1 Å². The molecule has 0 bridgehead atoms. The number of carbonyl (C=O) groups is 1. The first-order valence-electron chi connectivity index (χ1n) is 11.6. The summed E-state index contributed by atoms with van der Waals surface area (Å²) in [6.07, 6.45) is -0.143. The van der Waals surface area contributed by atoms with E-state index in [-0.39, 0.29) is 60.7 Å². The molecule has 0 aromatic heterocycles. The first kappa shape index (κ1) is 25.4. The molecule has 188 valence electrons. The van der Waals surface area contributed by atoms with Crippen LogP contribution in [0.15, 0.2) is 59.5 Å². The number of hydrogen-bond donors (Lipinski definition) is 0. The number of halogens is 3. The fourth-order valence-electron chi connectivity index (χ4n) is 4.95. The van der Waals surface area contributed by atoms with E-state index in [0.29, 0.717) is 5.57 Å². The third-order valence-corrected chi connectivity index (χ3v) is 8.87. The average molecular weight is 507 g/mol. The summed E-state index contributed by atoms with van der Waals surface area (Å²) in [6, 6.07) is 9.20. The van der Waals surface area contributed by atoms with Crippen LogP contribution in [0.1, 0.15) is 37.7 Å². The number of benzene rings is 2. The minimum Gasteiger partial charge on any atom is -0.341 e. The van der Waals surface area contributed by atoms with Gasteiger partial charge in [0.2, 0.25) is 21.9 Å². The predicted octanol–water partition coefficient (Wildman–Crippen LogP) is 5.16. The van der Waals surface area contributed by atoms with E-state index >= 15 is 0 Å². The van der Waals surface area contributed by atoms with Crippen molar-refractivity contribution in [3.63, 3.8) is 0 Å². The summed E-state index contributed by atoms with van der Waals surface area (Å²) >= 11 is 0. The van der Waals surface area contributed by atoms with Crippen molar-refractivity contribution in [1.82, 2.24) is 9.21 Å². The van der Waals surface area contributed by atoms with Crippen LogP contribution < -0.4 is 0 Å². The van der Waals surface area contributed by atoms with Gasteiger partial charge in [0.15, 0.2) is 0 Å². The Hall–Kier alpha value is -2.65. The minimum atomic E-state index is -4.22. The minimum absolute atomic E-state index is 0.0418. The maximum absolute atomic E-state index is 14.6. The molecule has 1 saturated heterocycles. The number of hydrogen-bond acceptors (Lipinski definition) is 3. The molecule has 9 heteroatoms. The Kier molecular flexibility index (Phi) is 6.85. The van der Waals surface area contributed by atoms with Crippen LogP contribution in [0.2, 0.25) is 0 Å². The van der Waals surface area contributed by atoms with Gasteiger partial charge in [0.25, 0.3) is 0 Å². The summed E-state index contributed by atoms with van der Waals surface area (Å²) in [7, 11) is -2.68. The van der Waals surface area contributed by atoms with Gasteiger partial charge in [-0.2, -0.15) is 4.31 Å². The van der Waals surface area contributed by atoms with Crippen molar-refractivity contribution < 1.29 is 26.4 Å². The highest BCUT2D eigenvalue weighted by Crippen LogP contribution is 2.38. The lowest BCUT2D eigenvalue weighted by Crippen LogP contribution is -2.50. The van der Waals surface area contributed by atoms with E-state index in [9.17, 15) is 26.4 Å². The third kappa shape index (κ3) is 5.02. The first-order chi connectivity index (χ1) is 16.4. The molecule has 1 saturated carbocycles. The molecule has 35 heavy (non-hydrogen) atoms. The molecule has 4 rings (SSSR count). The number of alkyl halides is 2. The third-order valence-electron chi connectivity index (χ3n) is 6.96. The van der Waals surface area contributed by atoms with E-state index in [4.69, 9.17) is 0 Å². The van der Waals surface area contributed by atoms with Gasteiger partial charge in [-0.25, -0.2) is 21.6 Å². The van der Waals surface area contributed by atoms with Crippen molar-refractivity contribution in [2.24, 2.45) is 0 Å². The second-order valence-electron chi connectivity index (χ2n) is 9.54. The number of sulfonamides is 1. The molecule has 0 radical (unpaired) electrons. The van der Waals surface area contributed by atoms with Gasteiger partial charge in [-0.05, 0) is 44.4 Å². The molecule has 0 N–H and O–H groups in total. The Labute approximate surface area is 204 Å². The van der Waals surface area contributed by atoms with Gasteiger partial charge in [-0.3, -0.25) is 4.79 Å². The van der Waals surface area contributed by atoms with Crippen LogP contribution in [0.3, 0.4) is 0 Å². The molecular weight excluding hydrogens is 477 g/mol. The molecule has 0 unspecified atom stereocenters. The van der Waals surface area contributed by atoms with Crippen molar-refractivity contribution in [3.8, 4) is 11.1 Å². The van der Waals surface area contributed by atoms with Gasteiger partial charge >= 0.3 is 0 Å². The molecule has 0 spiro atoms. The second kappa shape index (κ2) is 9.43. The molecule has 1 atom stereocenters. The van der Waals surface area contributed by atoms with Crippen molar-refractivity contribution in [2.75, 3.05) is 13.6 Å².